The molecule has 0 unspecified atom stereocenters. The summed E-state index contributed by atoms with van der Waals surface area (Å²) < 4.78 is 0. The molecule has 0 atom stereocenters. The van der Waals surface area contributed by atoms with Crippen molar-refractivity contribution >= 4 is 17.7 Å². The second-order valence-electron chi connectivity index (χ2n) is 3.89. The maximum absolute atomic E-state index is 2.18. The quantitative estimate of drug-likeness (QED) is 0.562. The van der Waals surface area contributed by atoms with Crippen LogP contribution in [0, 0.1) is 0 Å². The van der Waals surface area contributed by atoms with E-state index < -0.39 is 0 Å². The average Bonchev–Trinajstić information content (AvgIpc) is 2.39. The minimum absolute atomic E-state index is 1.28. The number of hydrogen-bond donors (Lipinski definition) is 0. The predicted octanol–water partition coefficient (Wildman–Crippen LogP) is 3.84. The molecule has 0 aliphatic carbocycles. The molecule has 16 heavy (non-hydrogen) atoms. The summed E-state index contributed by atoms with van der Waals surface area (Å²) in [6, 6.07) is 21.2. The van der Waals surface area contributed by atoms with Crippen molar-refractivity contribution in [1.82, 2.24) is 0 Å². The normalized spacial score (nSPS) is 10.2. The Balaban J connectivity index is 2.32. The van der Waals surface area contributed by atoms with Crippen molar-refractivity contribution < 1.29 is 0 Å². The first-order valence-corrected chi connectivity index (χ1v) is 5.48. The van der Waals surface area contributed by atoms with E-state index in [-0.39, 0.29) is 0 Å². The van der Waals surface area contributed by atoms with Crippen LogP contribution in [0.5, 0.6) is 0 Å². The van der Waals surface area contributed by atoms with E-state index in [0.717, 1.165) is 0 Å². The minimum atomic E-state index is 1.28. The maximum atomic E-state index is 2.18. The van der Waals surface area contributed by atoms with Gasteiger partial charge in [-0.2, -0.15) is 0 Å². The summed E-state index contributed by atoms with van der Waals surface area (Å²) in [6.45, 7) is 2.18. The van der Waals surface area contributed by atoms with E-state index in [1.807, 2.05) is 0 Å². The van der Waals surface area contributed by atoms with Crippen LogP contribution in [-0.2, 0) is 0 Å². The van der Waals surface area contributed by atoms with Crippen molar-refractivity contribution in [2.45, 2.75) is 0 Å². The van der Waals surface area contributed by atoms with E-state index in [2.05, 4.69) is 73.5 Å². The Kier molecular flexibility index (Phi) is 2.30. The van der Waals surface area contributed by atoms with Crippen molar-refractivity contribution in [3.8, 4) is 11.0 Å². The third kappa shape index (κ3) is 1.55. The van der Waals surface area contributed by atoms with E-state index in [1.165, 1.54) is 21.8 Å². The van der Waals surface area contributed by atoms with Gasteiger partial charge in [0.2, 0.25) is 0 Å². The van der Waals surface area contributed by atoms with Crippen LogP contribution in [-0.4, -0.2) is 6.91 Å². The molecule has 0 saturated carbocycles. The van der Waals surface area contributed by atoms with Crippen molar-refractivity contribution in [2.24, 2.45) is 0 Å². The summed E-state index contributed by atoms with van der Waals surface area (Å²) in [5.41, 5.74) is 2.58. The molecule has 0 saturated heterocycles. The number of rotatable bonds is 1. The Morgan fingerprint density at radius 2 is 1.44 bits per heavy atom. The molecule has 0 aliphatic rings. The van der Waals surface area contributed by atoms with Gasteiger partial charge in [0.05, 0.1) is 0 Å². The fraction of sp³-hybridized carbons (Fsp3) is 0. The Labute approximate surface area is 95.8 Å². The summed E-state index contributed by atoms with van der Waals surface area (Å²) in [5.74, 6) is 2.12. The Morgan fingerprint density at radius 3 is 2.31 bits per heavy atom. The van der Waals surface area contributed by atoms with Crippen molar-refractivity contribution in [3.63, 3.8) is 0 Å². The summed E-state index contributed by atoms with van der Waals surface area (Å²) >= 11 is 0. The van der Waals surface area contributed by atoms with E-state index in [9.17, 15) is 0 Å². The fourth-order valence-corrected chi connectivity index (χ4v) is 2.09. The van der Waals surface area contributed by atoms with Gasteiger partial charge in [0.15, 0.2) is 0 Å². The van der Waals surface area contributed by atoms with Gasteiger partial charge in [-0.1, -0.05) is 0 Å². The average molecular weight is 202 g/mol. The van der Waals surface area contributed by atoms with Crippen molar-refractivity contribution in [3.05, 3.63) is 66.6 Å². The number of fused-ring (bicyclic) bond motifs is 1. The first kappa shape index (κ1) is 9.35. The molecular weight excluding hydrogens is 191 g/mol. The van der Waals surface area contributed by atoms with Crippen molar-refractivity contribution in [2.75, 3.05) is 0 Å². The fourth-order valence-electron chi connectivity index (χ4n) is 2.09. The Morgan fingerprint density at radius 1 is 0.688 bits per heavy atom. The van der Waals surface area contributed by atoms with Crippen LogP contribution in [0.1, 0.15) is 0 Å². The zero-order chi connectivity index (χ0) is 10.8. The van der Waals surface area contributed by atoms with E-state index in [1.54, 1.807) is 0 Å². The molecule has 0 nitrogen and oxygen atoms in total. The van der Waals surface area contributed by atoms with Crippen LogP contribution in [0.25, 0.3) is 21.8 Å². The van der Waals surface area contributed by atoms with Gasteiger partial charge in [-0.25, -0.2) is 0 Å². The molecule has 0 amide bonds. The molecule has 1 heterocycles. The monoisotopic (exact) mass is 202 g/mol. The van der Waals surface area contributed by atoms with Crippen LogP contribution in [0.4, 0.5) is 0 Å². The van der Waals surface area contributed by atoms with E-state index in [0.29, 0.717) is 0 Å². The Hall–Kier alpha value is -1.89. The van der Waals surface area contributed by atoms with Gasteiger partial charge >= 0.3 is 95.3 Å². The molecule has 74 valence electrons. The summed E-state index contributed by atoms with van der Waals surface area (Å²) in [4.78, 5) is 0. The second kappa shape index (κ2) is 3.94. The van der Waals surface area contributed by atoms with Crippen molar-refractivity contribution in [1.29, 1.82) is 0 Å². The standard InChI is InChI=1S/C15H11B/c1-2-7-13(8-3-1)15-14-9-5-4-6-12(14)10-11-16-15/h1-11H. The molecule has 2 aromatic carbocycles. The van der Waals surface area contributed by atoms with E-state index >= 15 is 0 Å². The Bertz CT molecular complexity index is 609. The first-order chi connectivity index (χ1) is 7.95. The molecule has 3 rings (SSSR count). The molecule has 0 aliphatic heterocycles. The van der Waals surface area contributed by atoms with Gasteiger partial charge in [-0.15, -0.1) is 0 Å². The van der Waals surface area contributed by atoms with Gasteiger partial charge in [0.1, 0.15) is 0 Å². The van der Waals surface area contributed by atoms with Crippen LogP contribution in [0.3, 0.4) is 0 Å². The molecular formula is C15H11B. The first-order valence-electron chi connectivity index (χ1n) is 5.48. The summed E-state index contributed by atoms with van der Waals surface area (Å²) in [6.07, 6.45) is 0. The predicted molar refractivity (Wildman–Crippen MR) is 70.7 cm³/mol. The molecule has 0 fully saturated rings. The van der Waals surface area contributed by atoms with Gasteiger partial charge in [-0.3, -0.25) is 0 Å². The number of benzene rings is 2. The van der Waals surface area contributed by atoms with Gasteiger partial charge in [0.25, 0.3) is 0 Å². The van der Waals surface area contributed by atoms with Crippen LogP contribution >= 0.6 is 0 Å². The zero-order valence-corrected chi connectivity index (χ0v) is 8.93. The van der Waals surface area contributed by atoms with Gasteiger partial charge in [0, 0.05) is 0 Å². The molecule has 0 spiro atoms. The van der Waals surface area contributed by atoms with Gasteiger partial charge in [-0.05, 0) is 0 Å². The zero-order valence-electron chi connectivity index (χ0n) is 8.93. The third-order valence-electron chi connectivity index (χ3n) is 2.87. The second-order valence-corrected chi connectivity index (χ2v) is 3.89. The summed E-state index contributed by atoms with van der Waals surface area (Å²) in [7, 11) is 0. The molecule has 0 N–H and O–H groups in total. The van der Waals surface area contributed by atoms with Crippen LogP contribution in [0.15, 0.2) is 66.6 Å². The SMILES string of the molecule is b1ccc2ccccc2c1-c1ccccc1. The molecule has 1 heteroatoms. The van der Waals surface area contributed by atoms with Crippen LogP contribution < -0.4 is 0 Å². The van der Waals surface area contributed by atoms with Gasteiger partial charge < -0.3 is 0 Å². The molecule has 3 aromatic rings. The molecule has 1 aromatic heterocycles. The van der Waals surface area contributed by atoms with Crippen LogP contribution in [0.2, 0.25) is 0 Å². The third-order valence-corrected chi connectivity index (χ3v) is 2.87. The molecule has 0 bridgehead atoms. The topological polar surface area (TPSA) is 0 Å². The number of hydrogen-bond acceptors (Lipinski definition) is 0. The summed E-state index contributed by atoms with van der Waals surface area (Å²) in [5, 5.41) is 2.61. The molecule has 0 radical (unpaired) electrons. The van der Waals surface area contributed by atoms with E-state index in [4.69, 9.17) is 0 Å².